The van der Waals surface area contributed by atoms with Crippen molar-refractivity contribution in [1.29, 1.82) is 0 Å². The zero-order chi connectivity index (χ0) is 45.7. The van der Waals surface area contributed by atoms with Crippen LogP contribution in [-0.4, -0.2) is 6.71 Å². The van der Waals surface area contributed by atoms with E-state index in [0.717, 1.165) is 0 Å². The van der Waals surface area contributed by atoms with Crippen molar-refractivity contribution in [2.24, 2.45) is 0 Å². The molecule has 0 amide bonds. The number of rotatable bonds is 3. The van der Waals surface area contributed by atoms with Gasteiger partial charge in [-0.3, -0.25) is 0 Å². The normalized spacial score (nSPS) is 17.2. The van der Waals surface area contributed by atoms with Crippen LogP contribution in [0, 0.1) is 6.92 Å². The van der Waals surface area contributed by atoms with Crippen molar-refractivity contribution in [3.63, 3.8) is 0 Å². The van der Waals surface area contributed by atoms with Crippen molar-refractivity contribution in [3.05, 3.63) is 172 Å². The maximum Gasteiger partial charge on any atom is 0.252 e. The van der Waals surface area contributed by atoms with Crippen molar-refractivity contribution in [2.75, 3.05) is 9.80 Å². The minimum Gasteiger partial charge on any atom is -0.311 e. The number of anilines is 6. The molecule has 326 valence electrons. The van der Waals surface area contributed by atoms with Crippen molar-refractivity contribution < 1.29 is 0 Å². The molecule has 0 bridgehead atoms. The number of hydrogen-bond acceptors (Lipinski definition) is 2. The standard InChI is InChI=1S/C62H65BN2/c1-38-33-54-57-55(34-38)65(43-27-28-47-49(37-43)61(10,11)32-31-60(47,8)9)52-30-24-40(58(2,3)4)35-51(52)63(57)50-29-23-41(59(5,6)7)36-53(50)64(54)42-25-21-39(22-26-42)44-18-16-20-48-56(44)45-17-14-15-19-46(45)62(48,12)13/h14-30,33-37H,31-32H2,1-13H3. The molecule has 0 saturated carbocycles. The summed E-state index contributed by atoms with van der Waals surface area (Å²) in [5.41, 5.74) is 26.9. The molecule has 2 nitrogen and oxygen atoms in total. The van der Waals surface area contributed by atoms with Gasteiger partial charge < -0.3 is 9.80 Å². The van der Waals surface area contributed by atoms with Gasteiger partial charge in [-0.2, -0.15) is 0 Å². The number of fused-ring (bicyclic) bond motifs is 8. The largest absolute Gasteiger partial charge is 0.311 e. The first-order valence-corrected chi connectivity index (χ1v) is 24.2. The van der Waals surface area contributed by atoms with Gasteiger partial charge in [0.2, 0.25) is 0 Å². The lowest BCUT2D eigenvalue weighted by molar-refractivity contribution is 0.332. The molecule has 0 fully saturated rings. The highest BCUT2D eigenvalue weighted by Gasteiger charge is 2.45. The van der Waals surface area contributed by atoms with Crippen LogP contribution in [0.2, 0.25) is 0 Å². The number of nitrogens with zero attached hydrogens (tertiary/aromatic N) is 2. The summed E-state index contributed by atoms with van der Waals surface area (Å²) in [4.78, 5) is 5.22. The van der Waals surface area contributed by atoms with E-state index >= 15 is 0 Å². The average Bonchev–Trinajstić information content (AvgIpc) is 3.50. The Bertz CT molecular complexity index is 3110. The fourth-order valence-electron chi connectivity index (χ4n) is 12.1. The Morgan fingerprint density at radius 2 is 1.05 bits per heavy atom. The number of hydrogen-bond donors (Lipinski definition) is 0. The van der Waals surface area contributed by atoms with Crippen LogP contribution in [0.4, 0.5) is 34.1 Å². The Kier molecular flexibility index (Phi) is 8.93. The highest BCUT2D eigenvalue weighted by molar-refractivity contribution is 7.00. The van der Waals surface area contributed by atoms with Crippen LogP contribution in [0.5, 0.6) is 0 Å². The predicted molar refractivity (Wildman–Crippen MR) is 281 cm³/mol. The molecule has 0 saturated heterocycles. The number of aryl methyl sites for hydroxylation is 1. The molecule has 2 heterocycles. The summed E-state index contributed by atoms with van der Waals surface area (Å²) < 4.78 is 0. The SMILES string of the molecule is Cc1cc2c3c(c1)N(c1ccc(-c4cccc5c4-c4ccccc4C5(C)C)cc1)c1cc(C(C)(C)C)ccc1B3c1cc(C(C)(C)C)ccc1N2c1ccc2c(c1)C(C)(C)CCC2(C)C. The van der Waals surface area contributed by atoms with E-state index < -0.39 is 0 Å². The predicted octanol–water partition coefficient (Wildman–Crippen LogP) is 15.0. The van der Waals surface area contributed by atoms with E-state index in [0.29, 0.717) is 0 Å². The lowest BCUT2D eigenvalue weighted by Crippen LogP contribution is -2.61. The molecule has 0 N–H and O–H groups in total. The van der Waals surface area contributed by atoms with E-state index in [1.54, 1.807) is 0 Å². The second-order valence-corrected chi connectivity index (χ2v) is 23.8. The molecule has 11 rings (SSSR count). The molecule has 3 heteroatoms. The first-order chi connectivity index (χ1) is 30.6. The van der Waals surface area contributed by atoms with Crippen LogP contribution in [0.25, 0.3) is 22.3 Å². The van der Waals surface area contributed by atoms with Gasteiger partial charge in [-0.05, 0) is 168 Å². The van der Waals surface area contributed by atoms with Gasteiger partial charge in [0, 0.05) is 39.5 Å². The van der Waals surface area contributed by atoms with Gasteiger partial charge in [0.1, 0.15) is 0 Å². The van der Waals surface area contributed by atoms with Gasteiger partial charge in [0.15, 0.2) is 0 Å². The Balaban J connectivity index is 1.15. The first kappa shape index (κ1) is 41.9. The third kappa shape index (κ3) is 6.27. The lowest BCUT2D eigenvalue weighted by Gasteiger charge is -2.46. The van der Waals surface area contributed by atoms with Crippen molar-refractivity contribution >= 4 is 57.2 Å². The average molecular weight is 849 g/mol. The molecule has 4 aliphatic rings. The fourth-order valence-corrected chi connectivity index (χ4v) is 12.1. The van der Waals surface area contributed by atoms with Crippen LogP contribution in [-0.2, 0) is 27.1 Å². The molecule has 2 aliphatic carbocycles. The molecule has 7 aromatic rings. The Labute approximate surface area is 389 Å². The minimum absolute atomic E-state index is 0.00422. The molecular formula is C62H65BN2. The summed E-state index contributed by atoms with van der Waals surface area (Å²) in [5.74, 6) is 0. The molecule has 0 atom stereocenters. The van der Waals surface area contributed by atoms with Gasteiger partial charge >= 0.3 is 0 Å². The topological polar surface area (TPSA) is 6.48 Å². The monoisotopic (exact) mass is 849 g/mol. The molecule has 0 spiro atoms. The summed E-state index contributed by atoms with van der Waals surface area (Å²) in [7, 11) is 0. The smallest absolute Gasteiger partial charge is 0.252 e. The van der Waals surface area contributed by atoms with Crippen LogP contribution in [0.1, 0.15) is 135 Å². The Hall–Kier alpha value is -5.80. The van der Waals surface area contributed by atoms with Crippen molar-refractivity contribution in [1.82, 2.24) is 0 Å². The van der Waals surface area contributed by atoms with Crippen LogP contribution in [0.3, 0.4) is 0 Å². The van der Waals surface area contributed by atoms with E-state index in [4.69, 9.17) is 0 Å². The third-order valence-corrected chi connectivity index (χ3v) is 16.1. The Morgan fingerprint density at radius 1 is 0.462 bits per heavy atom. The molecular weight excluding hydrogens is 784 g/mol. The summed E-state index contributed by atoms with van der Waals surface area (Å²) in [6, 6.07) is 52.5. The van der Waals surface area contributed by atoms with Crippen molar-refractivity contribution in [2.45, 2.75) is 130 Å². The van der Waals surface area contributed by atoms with E-state index in [-0.39, 0.29) is 33.8 Å². The van der Waals surface area contributed by atoms with Gasteiger partial charge in [-0.25, -0.2) is 0 Å². The fraction of sp³-hybridized carbons (Fsp3) is 0.323. The molecule has 0 unspecified atom stereocenters. The quantitative estimate of drug-likeness (QED) is 0.163. The summed E-state index contributed by atoms with van der Waals surface area (Å²) >= 11 is 0. The van der Waals surface area contributed by atoms with Gasteiger partial charge in [-0.1, -0.05) is 168 Å². The van der Waals surface area contributed by atoms with Gasteiger partial charge in [0.25, 0.3) is 6.71 Å². The highest BCUT2D eigenvalue weighted by Crippen LogP contribution is 2.53. The lowest BCUT2D eigenvalue weighted by atomic mass is 9.33. The van der Waals surface area contributed by atoms with Crippen molar-refractivity contribution in [3.8, 4) is 22.3 Å². The third-order valence-electron chi connectivity index (χ3n) is 16.1. The zero-order valence-electron chi connectivity index (χ0n) is 41.1. The van der Waals surface area contributed by atoms with Crippen LogP contribution >= 0.6 is 0 Å². The van der Waals surface area contributed by atoms with Crippen LogP contribution in [0.15, 0.2) is 133 Å². The van der Waals surface area contributed by atoms with Gasteiger partial charge in [-0.15, -0.1) is 0 Å². The van der Waals surface area contributed by atoms with E-state index in [9.17, 15) is 0 Å². The van der Waals surface area contributed by atoms with Crippen LogP contribution < -0.4 is 26.2 Å². The molecule has 0 aromatic heterocycles. The summed E-state index contributed by atoms with van der Waals surface area (Å²) in [6.45, 7) is 30.9. The Morgan fingerprint density at radius 3 is 1.74 bits per heavy atom. The maximum absolute atomic E-state index is 2.62. The highest BCUT2D eigenvalue weighted by atomic mass is 15.2. The number of benzene rings is 7. The molecule has 0 radical (unpaired) electrons. The first-order valence-electron chi connectivity index (χ1n) is 24.2. The zero-order valence-corrected chi connectivity index (χ0v) is 41.1. The molecule has 65 heavy (non-hydrogen) atoms. The minimum atomic E-state index is -0.0446. The summed E-state index contributed by atoms with van der Waals surface area (Å²) in [6.07, 6.45) is 2.39. The molecule has 2 aliphatic heterocycles. The maximum atomic E-state index is 2.62. The van der Waals surface area contributed by atoms with E-state index in [1.165, 1.54) is 125 Å². The summed E-state index contributed by atoms with van der Waals surface area (Å²) in [5, 5.41) is 0. The van der Waals surface area contributed by atoms with Gasteiger partial charge in [0.05, 0.1) is 0 Å². The van der Waals surface area contributed by atoms with E-state index in [2.05, 4.69) is 233 Å². The van der Waals surface area contributed by atoms with E-state index in [1.807, 2.05) is 0 Å². The molecule has 7 aromatic carbocycles. The second kappa shape index (κ2) is 13.9. The second-order valence-electron chi connectivity index (χ2n) is 23.8.